The number of methoxy groups -OCH3 is 2. The van der Waals surface area contributed by atoms with Crippen LogP contribution in [0.4, 0.5) is 0 Å². The number of hydrogen-bond acceptors (Lipinski definition) is 6. The fourth-order valence-electron chi connectivity index (χ4n) is 3.39. The smallest absolute Gasteiger partial charge is 0.270 e. The lowest BCUT2D eigenvalue weighted by Crippen LogP contribution is -2.29. The van der Waals surface area contributed by atoms with Crippen molar-refractivity contribution in [2.24, 2.45) is 0 Å². The number of aromatic nitrogens is 3. The summed E-state index contributed by atoms with van der Waals surface area (Å²) >= 11 is 0. The topological polar surface area (TPSA) is 87.5 Å². The maximum atomic E-state index is 13.0. The lowest BCUT2D eigenvalue weighted by Gasteiger charge is -2.24. The first kappa shape index (κ1) is 19.3. The number of fused-ring (bicyclic) bond motifs is 1. The summed E-state index contributed by atoms with van der Waals surface area (Å²) in [4.78, 5) is 17.2. The second-order valence-electron chi connectivity index (χ2n) is 6.58. The average molecular weight is 374 g/mol. The van der Waals surface area contributed by atoms with Crippen molar-refractivity contribution in [3.05, 3.63) is 40.8 Å². The number of carbonyl (C=O) groups is 1. The van der Waals surface area contributed by atoms with Gasteiger partial charge >= 0.3 is 0 Å². The molecule has 0 aliphatic carbocycles. The maximum Gasteiger partial charge on any atom is 0.270 e. The highest BCUT2D eigenvalue weighted by Gasteiger charge is 2.32. The van der Waals surface area contributed by atoms with Crippen LogP contribution in [0.5, 0.6) is 5.88 Å². The van der Waals surface area contributed by atoms with E-state index in [0.29, 0.717) is 37.7 Å². The molecule has 2 aromatic rings. The standard InChI is InChI=1S/C19H26N4O4/c1-12-10-15-16(13(2)27-12)22-23(8-9-25-3)17(15)18(24)21-11-14-6-5-7-20-19(14)26-4/h5-7,12-13H,8-11H2,1-4H3,(H,21,24)/t12-,13+/m0/s1. The Morgan fingerprint density at radius 2 is 2.22 bits per heavy atom. The number of carbonyl (C=O) groups excluding carboxylic acids is 1. The molecule has 0 saturated carbocycles. The molecule has 8 heteroatoms. The Labute approximate surface area is 158 Å². The van der Waals surface area contributed by atoms with Gasteiger partial charge in [-0.1, -0.05) is 6.07 Å². The summed E-state index contributed by atoms with van der Waals surface area (Å²) in [6, 6.07) is 3.69. The summed E-state index contributed by atoms with van der Waals surface area (Å²) in [7, 11) is 3.19. The summed E-state index contributed by atoms with van der Waals surface area (Å²) < 4.78 is 18.0. The van der Waals surface area contributed by atoms with E-state index >= 15 is 0 Å². The van der Waals surface area contributed by atoms with Crippen molar-refractivity contribution in [2.45, 2.75) is 45.6 Å². The first-order valence-electron chi connectivity index (χ1n) is 9.05. The molecular formula is C19H26N4O4. The summed E-state index contributed by atoms with van der Waals surface area (Å²) in [6.07, 6.45) is 2.21. The third kappa shape index (κ3) is 4.12. The number of nitrogens with zero attached hydrogens (tertiary/aromatic N) is 3. The number of nitrogens with one attached hydrogen (secondary N) is 1. The fraction of sp³-hybridized carbons (Fsp3) is 0.526. The molecule has 27 heavy (non-hydrogen) atoms. The van der Waals surface area contributed by atoms with E-state index in [-0.39, 0.29) is 18.1 Å². The molecule has 3 heterocycles. The summed E-state index contributed by atoms with van der Waals surface area (Å²) in [5.74, 6) is 0.329. The van der Waals surface area contributed by atoms with E-state index in [1.807, 2.05) is 26.0 Å². The first-order valence-corrected chi connectivity index (χ1v) is 9.05. The zero-order chi connectivity index (χ0) is 19.4. The molecule has 1 aliphatic rings. The summed E-state index contributed by atoms with van der Waals surface area (Å²) in [5.41, 5.74) is 3.17. The van der Waals surface area contributed by atoms with E-state index < -0.39 is 0 Å². The van der Waals surface area contributed by atoms with Gasteiger partial charge in [0.15, 0.2) is 0 Å². The van der Waals surface area contributed by atoms with Crippen LogP contribution in [0.15, 0.2) is 18.3 Å². The Morgan fingerprint density at radius 3 is 2.96 bits per heavy atom. The molecule has 0 unspecified atom stereocenters. The molecule has 2 aromatic heterocycles. The Morgan fingerprint density at radius 1 is 1.41 bits per heavy atom. The predicted octanol–water partition coefficient (Wildman–Crippen LogP) is 1.89. The third-order valence-corrected chi connectivity index (χ3v) is 4.60. The van der Waals surface area contributed by atoms with Crippen LogP contribution in [0.25, 0.3) is 0 Å². The zero-order valence-corrected chi connectivity index (χ0v) is 16.2. The van der Waals surface area contributed by atoms with Gasteiger partial charge in [0.25, 0.3) is 5.91 Å². The molecule has 0 radical (unpaired) electrons. The molecule has 3 rings (SSSR count). The van der Waals surface area contributed by atoms with E-state index in [2.05, 4.69) is 15.4 Å². The number of pyridine rings is 1. The van der Waals surface area contributed by atoms with Crippen LogP contribution in [-0.2, 0) is 29.0 Å². The van der Waals surface area contributed by atoms with E-state index in [4.69, 9.17) is 14.2 Å². The Balaban J connectivity index is 1.86. The van der Waals surface area contributed by atoms with E-state index in [1.165, 1.54) is 0 Å². The Bertz CT molecular complexity index is 805. The number of rotatable bonds is 7. The van der Waals surface area contributed by atoms with Crippen molar-refractivity contribution >= 4 is 5.91 Å². The highest BCUT2D eigenvalue weighted by atomic mass is 16.5. The van der Waals surface area contributed by atoms with E-state index in [0.717, 1.165) is 16.8 Å². The van der Waals surface area contributed by atoms with Gasteiger partial charge in [-0.05, 0) is 19.9 Å². The van der Waals surface area contributed by atoms with Crippen LogP contribution < -0.4 is 10.1 Å². The second kappa shape index (κ2) is 8.49. The molecule has 8 nitrogen and oxygen atoms in total. The zero-order valence-electron chi connectivity index (χ0n) is 16.2. The van der Waals surface area contributed by atoms with Crippen molar-refractivity contribution in [3.63, 3.8) is 0 Å². The van der Waals surface area contributed by atoms with Crippen LogP contribution in [0, 0.1) is 0 Å². The molecule has 0 bridgehead atoms. The van der Waals surface area contributed by atoms with Gasteiger partial charge in [0.05, 0.1) is 38.2 Å². The lowest BCUT2D eigenvalue weighted by molar-refractivity contribution is -0.00716. The molecule has 0 saturated heterocycles. The molecule has 146 valence electrons. The molecular weight excluding hydrogens is 348 g/mol. The average Bonchev–Trinajstić information content (AvgIpc) is 3.03. The molecule has 0 aromatic carbocycles. The minimum atomic E-state index is -0.174. The largest absolute Gasteiger partial charge is 0.481 e. The van der Waals surface area contributed by atoms with Crippen LogP contribution in [-0.4, -0.2) is 47.6 Å². The van der Waals surface area contributed by atoms with Crippen molar-refractivity contribution in [2.75, 3.05) is 20.8 Å². The van der Waals surface area contributed by atoms with Crippen LogP contribution >= 0.6 is 0 Å². The van der Waals surface area contributed by atoms with E-state index in [9.17, 15) is 4.79 Å². The normalized spacial score (nSPS) is 18.8. The highest BCUT2D eigenvalue weighted by molar-refractivity contribution is 5.94. The highest BCUT2D eigenvalue weighted by Crippen LogP contribution is 2.31. The van der Waals surface area contributed by atoms with Crippen LogP contribution in [0.3, 0.4) is 0 Å². The maximum absolute atomic E-state index is 13.0. The monoisotopic (exact) mass is 374 g/mol. The van der Waals surface area contributed by atoms with Crippen LogP contribution in [0.2, 0.25) is 0 Å². The van der Waals surface area contributed by atoms with E-state index in [1.54, 1.807) is 25.1 Å². The molecule has 0 spiro atoms. The Kier molecular flexibility index (Phi) is 6.08. The lowest BCUT2D eigenvalue weighted by atomic mass is 9.99. The quantitative estimate of drug-likeness (QED) is 0.796. The van der Waals surface area contributed by atoms with Crippen molar-refractivity contribution in [3.8, 4) is 5.88 Å². The van der Waals surface area contributed by atoms with Crippen molar-refractivity contribution in [1.82, 2.24) is 20.1 Å². The second-order valence-corrected chi connectivity index (χ2v) is 6.58. The predicted molar refractivity (Wildman–Crippen MR) is 98.7 cm³/mol. The van der Waals surface area contributed by atoms with Gasteiger partial charge in [0, 0.05) is 37.4 Å². The molecule has 1 aliphatic heterocycles. The molecule has 1 amide bonds. The fourth-order valence-corrected chi connectivity index (χ4v) is 3.39. The molecule has 0 fully saturated rings. The summed E-state index contributed by atoms with van der Waals surface area (Å²) in [5, 5.41) is 7.60. The molecule has 1 N–H and O–H groups in total. The van der Waals surface area contributed by atoms with Gasteiger partial charge in [-0.2, -0.15) is 5.10 Å². The minimum Gasteiger partial charge on any atom is -0.481 e. The number of ether oxygens (including phenoxy) is 3. The summed E-state index contributed by atoms with van der Waals surface area (Å²) in [6.45, 7) is 5.27. The first-order chi connectivity index (χ1) is 13.0. The number of hydrogen-bond donors (Lipinski definition) is 1. The van der Waals surface area contributed by atoms with Crippen LogP contribution in [0.1, 0.15) is 47.3 Å². The van der Waals surface area contributed by atoms with Gasteiger partial charge < -0.3 is 19.5 Å². The van der Waals surface area contributed by atoms with Crippen molar-refractivity contribution in [1.29, 1.82) is 0 Å². The van der Waals surface area contributed by atoms with Crippen molar-refractivity contribution < 1.29 is 19.0 Å². The third-order valence-electron chi connectivity index (χ3n) is 4.60. The molecule has 2 atom stereocenters. The van der Waals surface area contributed by atoms with Gasteiger partial charge in [-0.25, -0.2) is 4.98 Å². The Hall–Kier alpha value is -2.45. The minimum absolute atomic E-state index is 0.0394. The van der Waals surface area contributed by atoms with Gasteiger partial charge in [0.1, 0.15) is 5.69 Å². The SMILES string of the molecule is COCCn1nc2c(c1C(=O)NCc1cccnc1OC)C[C@H](C)O[C@@H]2C. The van der Waals surface area contributed by atoms with Gasteiger partial charge in [0.2, 0.25) is 5.88 Å². The number of amides is 1. The van der Waals surface area contributed by atoms with Gasteiger partial charge in [-0.3, -0.25) is 9.48 Å². The van der Waals surface area contributed by atoms with Gasteiger partial charge in [-0.15, -0.1) is 0 Å².